The highest BCUT2D eigenvalue weighted by atomic mass is 15.0. The number of nitrogens with one attached hydrogen (secondary N) is 1. The van der Waals surface area contributed by atoms with Gasteiger partial charge in [-0.15, -0.1) is 0 Å². The lowest BCUT2D eigenvalue weighted by molar-refractivity contribution is 0.535. The fourth-order valence-electron chi connectivity index (χ4n) is 2.42. The van der Waals surface area contributed by atoms with E-state index in [4.69, 9.17) is 0 Å². The molecule has 2 aromatic rings. The third kappa shape index (κ3) is 3.47. The maximum absolute atomic E-state index is 4.36. The Morgan fingerprint density at radius 3 is 2.79 bits per heavy atom. The SMILES string of the molecule is CCNC(CC)c1ccn(CCc2nccn2C)c1. The lowest BCUT2D eigenvalue weighted by atomic mass is 10.1. The molecule has 0 amide bonds. The summed E-state index contributed by atoms with van der Waals surface area (Å²) in [6, 6.07) is 2.69. The van der Waals surface area contributed by atoms with Gasteiger partial charge in [-0.1, -0.05) is 13.8 Å². The van der Waals surface area contributed by atoms with Crippen molar-refractivity contribution < 1.29 is 0 Å². The molecule has 0 aliphatic rings. The molecule has 2 aromatic heterocycles. The maximum atomic E-state index is 4.36. The minimum absolute atomic E-state index is 0.472. The third-order valence-corrected chi connectivity index (χ3v) is 3.55. The van der Waals surface area contributed by atoms with Crippen LogP contribution in [0.15, 0.2) is 30.9 Å². The predicted octanol–water partition coefficient (Wildman–Crippen LogP) is 2.52. The summed E-state index contributed by atoms with van der Waals surface area (Å²) in [6.07, 6.45) is 10.4. The van der Waals surface area contributed by atoms with Crippen LogP contribution in [0, 0.1) is 0 Å². The van der Waals surface area contributed by atoms with E-state index in [1.807, 2.05) is 19.4 Å². The molecule has 0 spiro atoms. The highest BCUT2D eigenvalue weighted by Crippen LogP contribution is 2.16. The summed E-state index contributed by atoms with van der Waals surface area (Å²) in [6.45, 7) is 6.36. The Labute approximate surface area is 115 Å². The standard InChI is InChI=1S/C15H24N4/c1-4-14(16-5-2)13-6-9-19(12-13)10-7-15-17-8-11-18(15)3/h6,8-9,11-12,14,16H,4-5,7,10H2,1-3H3. The Bertz CT molecular complexity index is 498. The number of hydrogen-bond donors (Lipinski definition) is 1. The number of hydrogen-bond acceptors (Lipinski definition) is 2. The van der Waals surface area contributed by atoms with Gasteiger partial charge in [0.1, 0.15) is 5.82 Å². The normalized spacial score (nSPS) is 12.8. The fourth-order valence-corrected chi connectivity index (χ4v) is 2.42. The van der Waals surface area contributed by atoms with Crippen LogP contribution in [0.1, 0.15) is 37.7 Å². The molecular formula is C15H24N4. The van der Waals surface area contributed by atoms with Crippen LogP contribution in [0.3, 0.4) is 0 Å². The molecule has 0 aromatic carbocycles. The number of aromatic nitrogens is 3. The summed E-state index contributed by atoms with van der Waals surface area (Å²) in [5.41, 5.74) is 1.38. The van der Waals surface area contributed by atoms with E-state index < -0.39 is 0 Å². The van der Waals surface area contributed by atoms with E-state index in [1.165, 1.54) is 5.56 Å². The van der Waals surface area contributed by atoms with Gasteiger partial charge in [0.15, 0.2) is 0 Å². The molecule has 1 N–H and O–H groups in total. The van der Waals surface area contributed by atoms with Crippen LogP contribution < -0.4 is 5.32 Å². The molecular weight excluding hydrogens is 236 g/mol. The number of aryl methyl sites for hydroxylation is 3. The summed E-state index contributed by atoms with van der Waals surface area (Å²) < 4.78 is 4.34. The average molecular weight is 260 g/mol. The zero-order valence-electron chi connectivity index (χ0n) is 12.1. The van der Waals surface area contributed by atoms with E-state index in [0.29, 0.717) is 6.04 Å². The smallest absolute Gasteiger partial charge is 0.110 e. The lowest BCUT2D eigenvalue weighted by Gasteiger charge is -2.13. The van der Waals surface area contributed by atoms with Gasteiger partial charge >= 0.3 is 0 Å². The minimum atomic E-state index is 0.472. The van der Waals surface area contributed by atoms with E-state index in [0.717, 1.165) is 31.8 Å². The maximum Gasteiger partial charge on any atom is 0.110 e. The van der Waals surface area contributed by atoms with Crippen LogP contribution >= 0.6 is 0 Å². The molecule has 2 rings (SSSR count). The molecule has 4 nitrogen and oxygen atoms in total. The van der Waals surface area contributed by atoms with Crippen molar-refractivity contribution >= 4 is 0 Å². The summed E-state index contributed by atoms with van der Waals surface area (Å²) in [7, 11) is 2.04. The molecule has 0 saturated heterocycles. The van der Waals surface area contributed by atoms with Crippen LogP contribution in [-0.2, 0) is 20.0 Å². The van der Waals surface area contributed by atoms with Gasteiger partial charge in [-0.05, 0) is 24.6 Å². The number of rotatable bonds is 7. The van der Waals surface area contributed by atoms with Crippen LogP contribution in [0.4, 0.5) is 0 Å². The summed E-state index contributed by atoms with van der Waals surface area (Å²) in [4.78, 5) is 4.36. The largest absolute Gasteiger partial charge is 0.353 e. The molecule has 4 heteroatoms. The molecule has 1 atom stereocenters. The van der Waals surface area contributed by atoms with E-state index in [-0.39, 0.29) is 0 Å². The van der Waals surface area contributed by atoms with Gasteiger partial charge in [0.25, 0.3) is 0 Å². The highest BCUT2D eigenvalue weighted by molar-refractivity contribution is 5.15. The molecule has 2 heterocycles. The van der Waals surface area contributed by atoms with Crippen molar-refractivity contribution in [2.75, 3.05) is 6.54 Å². The van der Waals surface area contributed by atoms with Gasteiger partial charge in [0, 0.05) is 50.8 Å². The van der Waals surface area contributed by atoms with Crippen molar-refractivity contribution in [1.29, 1.82) is 0 Å². The fraction of sp³-hybridized carbons (Fsp3) is 0.533. The second-order valence-electron chi connectivity index (χ2n) is 4.91. The first-order valence-electron chi connectivity index (χ1n) is 7.09. The van der Waals surface area contributed by atoms with E-state index in [1.54, 1.807) is 0 Å². The highest BCUT2D eigenvalue weighted by Gasteiger charge is 2.09. The van der Waals surface area contributed by atoms with Gasteiger partial charge in [0.05, 0.1) is 0 Å². The van der Waals surface area contributed by atoms with Gasteiger partial charge in [-0.2, -0.15) is 0 Å². The van der Waals surface area contributed by atoms with Gasteiger partial charge < -0.3 is 14.5 Å². The van der Waals surface area contributed by atoms with E-state index in [9.17, 15) is 0 Å². The zero-order valence-corrected chi connectivity index (χ0v) is 12.1. The Hall–Kier alpha value is -1.55. The van der Waals surface area contributed by atoms with Crippen molar-refractivity contribution in [3.63, 3.8) is 0 Å². The Balaban J connectivity index is 1.95. The van der Waals surface area contributed by atoms with Crippen LogP contribution in [0.2, 0.25) is 0 Å². The molecule has 0 aliphatic carbocycles. The molecule has 0 saturated carbocycles. The van der Waals surface area contributed by atoms with Gasteiger partial charge in [-0.3, -0.25) is 0 Å². The number of nitrogens with zero attached hydrogens (tertiary/aromatic N) is 3. The average Bonchev–Trinajstić information content (AvgIpc) is 3.02. The predicted molar refractivity (Wildman–Crippen MR) is 78.1 cm³/mol. The molecule has 19 heavy (non-hydrogen) atoms. The Morgan fingerprint density at radius 1 is 1.32 bits per heavy atom. The first-order chi connectivity index (χ1) is 9.24. The topological polar surface area (TPSA) is 34.8 Å². The molecule has 0 fully saturated rings. The molecule has 104 valence electrons. The summed E-state index contributed by atoms with van der Waals surface area (Å²) in [5.74, 6) is 1.13. The Morgan fingerprint density at radius 2 is 2.16 bits per heavy atom. The van der Waals surface area contributed by atoms with E-state index >= 15 is 0 Å². The van der Waals surface area contributed by atoms with Crippen LogP contribution in [0.5, 0.6) is 0 Å². The van der Waals surface area contributed by atoms with Crippen LogP contribution in [0.25, 0.3) is 0 Å². The third-order valence-electron chi connectivity index (χ3n) is 3.55. The second-order valence-corrected chi connectivity index (χ2v) is 4.91. The van der Waals surface area contributed by atoms with Crippen molar-refractivity contribution in [2.24, 2.45) is 7.05 Å². The first kappa shape index (κ1) is 13.9. The molecule has 1 unspecified atom stereocenters. The summed E-state index contributed by atoms with van der Waals surface area (Å²) >= 11 is 0. The molecule has 0 aliphatic heterocycles. The monoisotopic (exact) mass is 260 g/mol. The summed E-state index contributed by atoms with van der Waals surface area (Å²) in [5, 5.41) is 3.51. The quantitative estimate of drug-likeness (QED) is 0.830. The first-order valence-corrected chi connectivity index (χ1v) is 7.09. The second kappa shape index (κ2) is 6.57. The lowest BCUT2D eigenvalue weighted by Crippen LogP contribution is -2.19. The zero-order chi connectivity index (χ0) is 13.7. The Kier molecular flexibility index (Phi) is 4.80. The van der Waals surface area contributed by atoms with Gasteiger partial charge in [-0.25, -0.2) is 4.98 Å². The van der Waals surface area contributed by atoms with Crippen LogP contribution in [-0.4, -0.2) is 20.7 Å². The molecule has 0 radical (unpaired) electrons. The van der Waals surface area contributed by atoms with Crippen molar-refractivity contribution in [1.82, 2.24) is 19.4 Å². The van der Waals surface area contributed by atoms with Gasteiger partial charge in [0.2, 0.25) is 0 Å². The van der Waals surface area contributed by atoms with E-state index in [2.05, 4.69) is 51.7 Å². The van der Waals surface area contributed by atoms with Crippen molar-refractivity contribution in [2.45, 2.75) is 39.3 Å². The minimum Gasteiger partial charge on any atom is -0.353 e. The number of imidazole rings is 1. The van der Waals surface area contributed by atoms with Crippen molar-refractivity contribution in [3.05, 3.63) is 42.2 Å². The van der Waals surface area contributed by atoms with Crippen molar-refractivity contribution in [3.8, 4) is 0 Å². The molecule has 0 bridgehead atoms.